The first kappa shape index (κ1) is 12.9. The van der Waals surface area contributed by atoms with Gasteiger partial charge in [-0.05, 0) is 18.3 Å². The summed E-state index contributed by atoms with van der Waals surface area (Å²) in [6.45, 7) is 4.20. The van der Waals surface area contributed by atoms with Crippen molar-refractivity contribution in [3.63, 3.8) is 0 Å². The van der Waals surface area contributed by atoms with E-state index in [0.29, 0.717) is 11.7 Å². The van der Waals surface area contributed by atoms with Crippen LogP contribution in [0.2, 0.25) is 0 Å². The van der Waals surface area contributed by atoms with E-state index in [0.717, 1.165) is 10.0 Å². The summed E-state index contributed by atoms with van der Waals surface area (Å²) < 4.78 is 0.991. The molecule has 0 bridgehead atoms. The number of hydrazone groups is 1. The minimum Gasteiger partial charge on any atom is -0.358 e. The maximum Gasteiger partial charge on any atom is 0.187 e. The molecule has 2 N–H and O–H groups in total. The first-order chi connectivity index (χ1) is 7.74. The van der Waals surface area contributed by atoms with Gasteiger partial charge < -0.3 is 5.32 Å². The van der Waals surface area contributed by atoms with E-state index in [4.69, 9.17) is 12.2 Å². The van der Waals surface area contributed by atoms with E-state index in [1.165, 1.54) is 0 Å². The summed E-state index contributed by atoms with van der Waals surface area (Å²) >= 11 is 8.40. The van der Waals surface area contributed by atoms with Gasteiger partial charge in [-0.3, -0.25) is 5.43 Å². The molecule has 0 amide bonds. The van der Waals surface area contributed by atoms with Crippen LogP contribution in [0.15, 0.2) is 46.5 Å². The van der Waals surface area contributed by atoms with Crippen molar-refractivity contribution in [3.8, 4) is 0 Å². The second-order valence-corrected chi connectivity index (χ2v) is 4.15. The highest BCUT2D eigenvalue weighted by molar-refractivity contribution is 9.10. The number of benzene rings is 1. The van der Waals surface area contributed by atoms with Crippen LogP contribution in [-0.4, -0.2) is 17.9 Å². The van der Waals surface area contributed by atoms with Gasteiger partial charge in [0.2, 0.25) is 0 Å². The average Bonchev–Trinajstić information content (AvgIpc) is 2.29. The fourth-order valence-corrected chi connectivity index (χ4v) is 1.47. The summed E-state index contributed by atoms with van der Waals surface area (Å²) in [5, 5.41) is 7.40. The summed E-state index contributed by atoms with van der Waals surface area (Å²) in [5.74, 6) is 0. The molecule has 1 rings (SSSR count). The number of halogens is 1. The second kappa shape index (κ2) is 7.14. The van der Waals surface area contributed by atoms with Crippen LogP contribution in [0.5, 0.6) is 0 Å². The number of nitrogens with zero attached hydrogens (tertiary/aromatic N) is 1. The Balaban J connectivity index is 2.46. The van der Waals surface area contributed by atoms with Crippen molar-refractivity contribution in [2.24, 2.45) is 5.10 Å². The van der Waals surface area contributed by atoms with Crippen molar-refractivity contribution in [1.82, 2.24) is 10.7 Å². The molecular weight excluding hydrogens is 286 g/mol. The van der Waals surface area contributed by atoms with E-state index in [2.05, 4.69) is 38.4 Å². The first-order valence-corrected chi connectivity index (χ1v) is 5.86. The van der Waals surface area contributed by atoms with Gasteiger partial charge in [0.05, 0.1) is 6.21 Å². The van der Waals surface area contributed by atoms with E-state index < -0.39 is 0 Å². The van der Waals surface area contributed by atoms with Gasteiger partial charge in [-0.1, -0.05) is 40.2 Å². The highest BCUT2D eigenvalue weighted by Gasteiger charge is 1.93. The lowest BCUT2D eigenvalue weighted by Gasteiger charge is -2.03. The molecule has 84 valence electrons. The molecule has 5 heteroatoms. The Labute approximate surface area is 109 Å². The molecule has 0 spiro atoms. The van der Waals surface area contributed by atoms with Gasteiger partial charge in [-0.2, -0.15) is 5.10 Å². The Hall–Kier alpha value is -1.20. The molecule has 1 aromatic rings. The van der Waals surface area contributed by atoms with Gasteiger partial charge in [0.15, 0.2) is 5.11 Å². The van der Waals surface area contributed by atoms with Crippen molar-refractivity contribution in [1.29, 1.82) is 0 Å². The minimum atomic E-state index is 0.475. The molecule has 3 nitrogen and oxygen atoms in total. The quantitative estimate of drug-likeness (QED) is 0.388. The molecule has 1 aromatic carbocycles. The Morgan fingerprint density at radius 1 is 1.50 bits per heavy atom. The topological polar surface area (TPSA) is 36.4 Å². The van der Waals surface area contributed by atoms with Crippen molar-refractivity contribution in [2.45, 2.75) is 0 Å². The zero-order valence-electron chi connectivity index (χ0n) is 8.61. The van der Waals surface area contributed by atoms with Crippen molar-refractivity contribution in [3.05, 3.63) is 47.0 Å². The van der Waals surface area contributed by atoms with Crippen molar-refractivity contribution < 1.29 is 0 Å². The molecule has 0 aliphatic rings. The molecule has 0 heterocycles. The van der Waals surface area contributed by atoms with Gasteiger partial charge in [-0.25, -0.2) is 0 Å². The second-order valence-electron chi connectivity index (χ2n) is 2.89. The predicted octanol–water partition coefficient (Wildman–Crippen LogP) is 2.43. The molecular formula is C11H12BrN3S. The van der Waals surface area contributed by atoms with Crippen molar-refractivity contribution in [2.75, 3.05) is 6.54 Å². The third kappa shape index (κ3) is 4.55. The Morgan fingerprint density at radius 2 is 2.25 bits per heavy atom. The van der Waals surface area contributed by atoms with Crippen LogP contribution in [0, 0.1) is 0 Å². The maximum atomic E-state index is 4.97. The van der Waals surface area contributed by atoms with Gasteiger partial charge >= 0.3 is 0 Å². The molecule has 0 fully saturated rings. The molecule has 0 saturated heterocycles. The Kier molecular flexibility index (Phi) is 5.74. The van der Waals surface area contributed by atoms with Crippen LogP contribution < -0.4 is 10.7 Å². The van der Waals surface area contributed by atoms with E-state index in [-0.39, 0.29) is 0 Å². The summed E-state index contributed by atoms with van der Waals surface area (Å²) in [6.07, 6.45) is 3.43. The van der Waals surface area contributed by atoms with Crippen LogP contribution in [-0.2, 0) is 0 Å². The van der Waals surface area contributed by atoms with Gasteiger partial charge in [0.25, 0.3) is 0 Å². The first-order valence-electron chi connectivity index (χ1n) is 4.66. The minimum absolute atomic E-state index is 0.475. The van der Waals surface area contributed by atoms with E-state index in [1.807, 2.05) is 24.3 Å². The van der Waals surface area contributed by atoms with Crippen LogP contribution in [0.3, 0.4) is 0 Å². The molecule has 0 atom stereocenters. The lowest BCUT2D eigenvalue weighted by Crippen LogP contribution is -2.31. The average molecular weight is 298 g/mol. The molecule has 0 saturated carbocycles. The van der Waals surface area contributed by atoms with E-state index in [1.54, 1.807) is 12.3 Å². The largest absolute Gasteiger partial charge is 0.358 e. The van der Waals surface area contributed by atoms with Gasteiger partial charge in [0, 0.05) is 16.6 Å². The number of nitrogens with one attached hydrogen (secondary N) is 2. The zero-order chi connectivity index (χ0) is 11.8. The smallest absolute Gasteiger partial charge is 0.187 e. The van der Waals surface area contributed by atoms with Crippen LogP contribution in [0.1, 0.15) is 5.56 Å². The fraction of sp³-hybridized carbons (Fsp3) is 0.0909. The van der Waals surface area contributed by atoms with Crippen LogP contribution in [0.4, 0.5) is 0 Å². The maximum absolute atomic E-state index is 4.97. The standard InChI is InChI=1S/C11H12BrN3S/c1-2-7-13-11(16)15-14-8-9-5-3-4-6-10(9)12/h2-6,8H,1,7H2,(H2,13,15,16). The highest BCUT2D eigenvalue weighted by Crippen LogP contribution is 2.13. The molecule has 0 radical (unpaired) electrons. The van der Waals surface area contributed by atoms with E-state index in [9.17, 15) is 0 Å². The van der Waals surface area contributed by atoms with Crippen molar-refractivity contribution >= 4 is 39.5 Å². The number of hydrogen-bond donors (Lipinski definition) is 2. The number of rotatable bonds is 4. The lowest BCUT2D eigenvalue weighted by molar-refractivity contribution is 0.941. The SMILES string of the molecule is C=CCNC(=S)NN=Cc1ccccc1Br. The lowest BCUT2D eigenvalue weighted by atomic mass is 10.2. The van der Waals surface area contributed by atoms with Crippen LogP contribution >= 0.6 is 28.1 Å². The molecule has 0 aromatic heterocycles. The summed E-state index contributed by atoms with van der Waals surface area (Å²) in [5.41, 5.74) is 3.70. The highest BCUT2D eigenvalue weighted by atomic mass is 79.9. The zero-order valence-corrected chi connectivity index (χ0v) is 11.0. The third-order valence-electron chi connectivity index (χ3n) is 1.68. The molecule has 0 unspecified atom stereocenters. The monoisotopic (exact) mass is 297 g/mol. The normalized spacial score (nSPS) is 10.1. The Morgan fingerprint density at radius 3 is 2.94 bits per heavy atom. The summed E-state index contributed by atoms with van der Waals surface area (Å²) in [6, 6.07) is 7.80. The van der Waals surface area contributed by atoms with Gasteiger partial charge in [-0.15, -0.1) is 6.58 Å². The number of thiocarbonyl (C=S) groups is 1. The number of hydrogen-bond acceptors (Lipinski definition) is 2. The van der Waals surface area contributed by atoms with Crippen LogP contribution in [0.25, 0.3) is 0 Å². The molecule has 0 aliphatic heterocycles. The fourth-order valence-electron chi connectivity index (χ4n) is 0.945. The Bertz CT molecular complexity index is 404. The summed E-state index contributed by atoms with van der Waals surface area (Å²) in [7, 11) is 0. The van der Waals surface area contributed by atoms with E-state index >= 15 is 0 Å². The predicted molar refractivity (Wildman–Crippen MR) is 75.7 cm³/mol. The summed E-state index contributed by atoms with van der Waals surface area (Å²) in [4.78, 5) is 0. The molecule has 0 aliphatic carbocycles. The molecule has 16 heavy (non-hydrogen) atoms. The van der Waals surface area contributed by atoms with Gasteiger partial charge in [0.1, 0.15) is 0 Å². The third-order valence-corrected chi connectivity index (χ3v) is 2.64.